The molecule has 1 rings (SSSR count). The number of carbonyl (C=O) groups is 1. The number of aromatic carboxylic acids is 1. The highest BCUT2D eigenvalue weighted by Crippen LogP contribution is 2.26. The molecule has 0 aliphatic rings. The number of carboxylic acids is 1. The summed E-state index contributed by atoms with van der Waals surface area (Å²) < 4.78 is 18.9. The van der Waals surface area contributed by atoms with Gasteiger partial charge in [0.2, 0.25) is 0 Å². The van der Waals surface area contributed by atoms with Gasteiger partial charge in [0.1, 0.15) is 5.75 Å². The van der Waals surface area contributed by atoms with E-state index in [0.29, 0.717) is 6.61 Å². The van der Waals surface area contributed by atoms with E-state index < -0.39 is 11.7 Å². The first-order chi connectivity index (χ1) is 11.9. The Morgan fingerprint density at radius 1 is 1.12 bits per heavy atom. The molecule has 0 amide bonds. The summed E-state index contributed by atoms with van der Waals surface area (Å²) in [4.78, 5) is 10.9. The van der Waals surface area contributed by atoms with Crippen LogP contribution in [0.3, 0.4) is 0 Å². The van der Waals surface area contributed by atoms with Crippen molar-refractivity contribution in [2.24, 2.45) is 5.41 Å². The van der Waals surface area contributed by atoms with Crippen molar-refractivity contribution in [3.63, 3.8) is 0 Å². The van der Waals surface area contributed by atoms with Gasteiger partial charge in [-0.3, -0.25) is 0 Å². The fraction of sp³-hybridized carbons (Fsp3) is 0.750. The third kappa shape index (κ3) is 8.94. The highest BCUT2D eigenvalue weighted by Gasteiger charge is 2.20. The second-order valence-corrected chi connectivity index (χ2v) is 7.71. The summed E-state index contributed by atoms with van der Waals surface area (Å²) in [5.41, 5.74) is -0.421. The minimum atomic E-state index is -1.30. The van der Waals surface area contributed by atoms with Crippen molar-refractivity contribution in [1.29, 1.82) is 0 Å². The van der Waals surface area contributed by atoms with Crippen molar-refractivity contribution in [2.45, 2.75) is 85.0 Å². The van der Waals surface area contributed by atoms with Crippen LogP contribution < -0.4 is 4.74 Å². The average molecular weight is 355 g/mol. The molecule has 0 aliphatic carbocycles. The van der Waals surface area contributed by atoms with Crippen LogP contribution in [0.4, 0.5) is 4.48 Å². The van der Waals surface area contributed by atoms with Crippen LogP contribution >= 0.6 is 0 Å². The Balaban J connectivity index is 2.17. The topological polar surface area (TPSA) is 51.5 Å². The molecule has 0 radical (unpaired) electrons. The molecule has 0 aliphatic heterocycles. The molecule has 0 atom stereocenters. The molecule has 0 fully saturated rings. The third-order valence-corrected chi connectivity index (χ3v) is 4.56. The van der Waals surface area contributed by atoms with Gasteiger partial charge >= 0.3 is 5.97 Å². The van der Waals surface area contributed by atoms with E-state index >= 15 is 0 Å². The Morgan fingerprint density at radius 3 is 2.20 bits per heavy atom. The number of halogens is 1. The van der Waals surface area contributed by atoms with Gasteiger partial charge in [-0.2, -0.15) is 4.79 Å². The first-order valence-electron chi connectivity index (χ1n) is 9.60. The zero-order valence-electron chi connectivity index (χ0n) is 16.0. The Morgan fingerprint density at radius 2 is 1.68 bits per heavy atom. The molecule has 0 aromatic carbocycles. The van der Waals surface area contributed by atoms with E-state index in [2.05, 4.69) is 20.8 Å². The average Bonchev–Trinajstić information content (AvgIpc) is 2.93. The van der Waals surface area contributed by atoms with Gasteiger partial charge in [-0.1, -0.05) is 83.0 Å². The maximum atomic E-state index is 13.4. The standard InChI is InChI=1S/C20H34FNO3/c1-4-5-6-7-8-9-10-11-12-13-20(2,3)16-25-17-14-18(19(23)24)22(21)15-17/h14-15H,4-13,16H2,1-3H3,(H,23,24). The largest absolute Gasteiger partial charge is 0.491 e. The fourth-order valence-corrected chi connectivity index (χ4v) is 2.91. The Bertz CT molecular complexity index is 511. The minimum absolute atomic E-state index is 0.0110. The van der Waals surface area contributed by atoms with Gasteiger partial charge in [-0.25, -0.2) is 4.79 Å². The Labute approximate surface area is 151 Å². The molecule has 1 N–H and O–H groups in total. The summed E-state index contributed by atoms with van der Waals surface area (Å²) in [7, 11) is 0. The molecule has 5 heteroatoms. The van der Waals surface area contributed by atoms with E-state index in [-0.39, 0.29) is 16.0 Å². The van der Waals surface area contributed by atoms with Crippen LogP contribution in [0.15, 0.2) is 12.3 Å². The molecular formula is C20H34FNO3. The first-order valence-corrected chi connectivity index (χ1v) is 9.60. The summed E-state index contributed by atoms with van der Waals surface area (Å²) >= 11 is 0. The molecule has 1 aromatic heterocycles. The van der Waals surface area contributed by atoms with Gasteiger partial charge < -0.3 is 9.84 Å². The van der Waals surface area contributed by atoms with Crippen molar-refractivity contribution in [2.75, 3.05) is 6.61 Å². The molecule has 1 heterocycles. The van der Waals surface area contributed by atoms with E-state index in [1.807, 2.05) is 0 Å². The lowest BCUT2D eigenvalue weighted by atomic mass is 9.87. The predicted molar refractivity (Wildman–Crippen MR) is 99.0 cm³/mol. The highest BCUT2D eigenvalue weighted by molar-refractivity contribution is 5.86. The summed E-state index contributed by atoms with van der Waals surface area (Å²) in [6.45, 7) is 6.95. The first kappa shape index (κ1) is 21.5. The Hall–Kier alpha value is -1.52. The summed E-state index contributed by atoms with van der Waals surface area (Å²) in [5, 5.41) is 8.84. The fourth-order valence-electron chi connectivity index (χ4n) is 2.91. The predicted octanol–water partition coefficient (Wildman–Crippen LogP) is 6.24. The number of nitrogens with zero attached hydrogens (tertiary/aromatic N) is 1. The van der Waals surface area contributed by atoms with Gasteiger partial charge in [0, 0.05) is 6.07 Å². The molecule has 4 nitrogen and oxygen atoms in total. The molecule has 0 saturated carbocycles. The molecule has 0 unspecified atom stereocenters. The van der Waals surface area contributed by atoms with Gasteiger partial charge in [0.25, 0.3) is 0 Å². The number of unbranched alkanes of at least 4 members (excludes halogenated alkanes) is 8. The lowest BCUT2D eigenvalue weighted by Crippen LogP contribution is -2.21. The van der Waals surface area contributed by atoms with Crippen LogP contribution in [0.1, 0.15) is 95.5 Å². The molecule has 1 aromatic rings. The van der Waals surface area contributed by atoms with E-state index in [1.54, 1.807) is 0 Å². The zero-order chi connectivity index (χ0) is 18.7. The monoisotopic (exact) mass is 355 g/mol. The molecule has 0 bridgehead atoms. The van der Waals surface area contributed by atoms with E-state index in [1.165, 1.54) is 57.4 Å². The van der Waals surface area contributed by atoms with Crippen molar-refractivity contribution < 1.29 is 19.1 Å². The van der Waals surface area contributed by atoms with Crippen molar-refractivity contribution in [3.8, 4) is 5.75 Å². The lowest BCUT2D eigenvalue weighted by Gasteiger charge is -2.24. The number of carboxylic acid groups (broad SMARTS) is 1. The van der Waals surface area contributed by atoms with Gasteiger partial charge in [0.15, 0.2) is 5.69 Å². The van der Waals surface area contributed by atoms with Gasteiger partial charge in [0.05, 0.1) is 12.8 Å². The van der Waals surface area contributed by atoms with E-state index in [0.717, 1.165) is 19.0 Å². The number of hydrogen-bond acceptors (Lipinski definition) is 2. The quantitative estimate of drug-likeness (QED) is 0.402. The van der Waals surface area contributed by atoms with Crippen LogP contribution in [0.25, 0.3) is 0 Å². The Kier molecular flexibility index (Phi) is 9.61. The molecule has 25 heavy (non-hydrogen) atoms. The van der Waals surface area contributed by atoms with Crippen molar-refractivity contribution in [1.82, 2.24) is 4.79 Å². The number of rotatable bonds is 14. The summed E-state index contributed by atoms with van der Waals surface area (Å²) in [6.07, 6.45) is 13.8. The highest BCUT2D eigenvalue weighted by atomic mass is 19.2. The maximum Gasteiger partial charge on any atom is 0.355 e. The molecular weight excluding hydrogens is 321 g/mol. The van der Waals surface area contributed by atoms with Crippen LogP contribution in [0.5, 0.6) is 5.75 Å². The van der Waals surface area contributed by atoms with Crippen molar-refractivity contribution >= 4 is 5.97 Å². The second-order valence-electron chi connectivity index (χ2n) is 7.71. The van der Waals surface area contributed by atoms with Crippen LogP contribution in [-0.2, 0) is 0 Å². The minimum Gasteiger partial charge on any atom is -0.491 e. The summed E-state index contributed by atoms with van der Waals surface area (Å²) in [5.74, 6) is -1.04. The second kappa shape index (κ2) is 11.2. The SMILES string of the molecule is CCCCCCCCCCCC(C)(C)COc1cc(C(=O)O)n(F)c1. The number of hydrogen-bond donors (Lipinski definition) is 1. The normalized spacial score (nSPS) is 11.7. The summed E-state index contributed by atoms with van der Waals surface area (Å²) in [6, 6.07) is 1.22. The smallest absolute Gasteiger partial charge is 0.355 e. The molecule has 0 saturated heterocycles. The third-order valence-electron chi connectivity index (χ3n) is 4.56. The van der Waals surface area contributed by atoms with Crippen LogP contribution in [0, 0.1) is 5.41 Å². The van der Waals surface area contributed by atoms with Gasteiger partial charge in [-0.15, -0.1) is 0 Å². The number of ether oxygens (including phenoxy) is 1. The van der Waals surface area contributed by atoms with E-state index in [4.69, 9.17) is 9.84 Å². The maximum absolute atomic E-state index is 13.4. The van der Waals surface area contributed by atoms with E-state index in [9.17, 15) is 9.28 Å². The number of aromatic nitrogens is 1. The molecule has 144 valence electrons. The molecule has 0 spiro atoms. The van der Waals surface area contributed by atoms with Gasteiger partial charge in [-0.05, 0) is 11.8 Å². The lowest BCUT2D eigenvalue weighted by molar-refractivity contribution is 0.0673. The van der Waals surface area contributed by atoms with Crippen LogP contribution in [0.2, 0.25) is 0 Å². The van der Waals surface area contributed by atoms with Crippen molar-refractivity contribution in [3.05, 3.63) is 18.0 Å². The van der Waals surface area contributed by atoms with Crippen LogP contribution in [-0.4, -0.2) is 22.5 Å². The zero-order valence-corrected chi connectivity index (χ0v) is 16.0.